The highest BCUT2D eigenvalue weighted by Gasteiger charge is 2.38. The number of carbonyl (C=O) groups is 2. The number of aryl methyl sites for hydroxylation is 1. The monoisotopic (exact) mass is 441 g/mol. The van der Waals surface area contributed by atoms with Crippen LogP contribution in [0.25, 0.3) is 0 Å². The molecule has 5 nitrogen and oxygen atoms in total. The number of nitrogens with zero attached hydrogens (tertiary/aromatic N) is 1. The minimum absolute atomic E-state index is 0.000470. The molecule has 0 bridgehead atoms. The van der Waals surface area contributed by atoms with Crippen LogP contribution in [0.1, 0.15) is 55.0 Å². The summed E-state index contributed by atoms with van der Waals surface area (Å²) in [5.41, 5.74) is 4.17. The smallest absolute Gasteiger partial charge is 0.319 e. The van der Waals surface area contributed by atoms with Gasteiger partial charge in [0.05, 0.1) is 18.6 Å². The van der Waals surface area contributed by atoms with Crippen LogP contribution in [0, 0.1) is 0 Å². The predicted molar refractivity (Wildman–Crippen MR) is 132 cm³/mol. The number of likely N-dealkylation sites (tertiary alicyclic amines) is 1. The van der Waals surface area contributed by atoms with Crippen LogP contribution >= 0.6 is 0 Å². The highest BCUT2D eigenvalue weighted by atomic mass is 16.2. The topological polar surface area (TPSA) is 61.4 Å². The van der Waals surface area contributed by atoms with Crippen LogP contribution < -0.4 is 10.6 Å². The minimum atomic E-state index is -0.372. The fraction of sp³-hybridized carbons (Fsp3) is 0.286. The number of rotatable bonds is 7. The molecule has 2 atom stereocenters. The summed E-state index contributed by atoms with van der Waals surface area (Å²) in [6.45, 7) is 2.08. The normalized spacial score (nSPS) is 17.5. The molecule has 0 radical (unpaired) electrons. The van der Waals surface area contributed by atoms with Gasteiger partial charge in [-0.3, -0.25) is 4.79 Å². The molecule has 3 amide bonds. The van der Waals surface area contributed by atoms with Crippen molar-refractivity contribution in [1.29, 1.82) is 0 Å². The van der Waals surface area contributed by atoms with Gasteiger partial charge in [0.15, 0.2) is 0 Å². The summed E-state index contributed by atoms with van der Waals surface area (Å²) < 4.78 is 0. The van der Waals surface area contributed by atoms with E-state index in [1.54, 1.807) is 0 Å². The Kier molecular flexibility index (Phi) is 7.40. The van der Waals surface area contributed by atoms with Crippen molar-refractivity contribution in [2.24, 2.45) is 0 Å². The second kappa shape index (κ2) is 10.8. The van der Waals surface area contributed by atoms with Crippen LogP contribution in [0.3, 0.4) is 0 Å². The lowest BCUT2D eigenvalue weighted by molar-refractivity contribution is -0.133. The van der Waals surface area contributed by atoms with E-state index in [9.17, 15) is 9.59 Å². The van der Waals surface area contributed by atoms with Gasteiger partial charge in [-0.2, -0.15) is 0 Å². The van der Waals surface area contributed by atoms with E-state index >= 15 is 0 Å². The summed E-state index contributed by atoms with van der Waals surface area (Å²) in [7, 11) is 0. The Morgan fingerprint density at radius 1 is 0.848 bits per heavy atom. The summed E-state index contributed by atoms with van der Waals surface area (Å²) in [6, 6.07) is 27.7. The Labute approximate surface area is 195 Å². The van der Waals surface area contributed by atoms with Gasteiger partial charge in [-0.25, -0.2) is 4.79 Å². The van der Waals surface area contributed by atoms with E-state index in [-0.39, 0.29) is 30.6 Å². The average Bonchev–Trinajstić information content (AvgIpc) is 3.29. The highest BCUT2D eigenvalue weighted by molar-refractivity contribution is 5.92. The van der Waals surface area contributed by atoms with Crippen molar-refractivity contribution in [3.63, 3.8) is 0 Å². The minimum Gasteiger partial charge on any atom is -0.329 e. The maximum atomic E-state index is 13.4. The second-order valence-electron chi connectivity index (χ2n) is 8.49. The molecule has 2 N–H and O–H groups in total. The molecule has 1 fully saturated rings. The van der Waals surface area contributed by atoms with E-state index in [0.717, 1.165) is 42.5 Å². The molecular formula is C28H31N3O2. The first-order valence-corrected chi connectivity index (χ1v) is 11.7. The van der Waals surface area contributed by atoms with E-state index in [1.807, 2.05) is 59.5 Å². The van der Waals surface area contributed by atoms with Gasteiger partial charge in [0.25, 0.3) is 0 Å². The number of benzene rings is 3. The van der Waals surface area contributed by atoms with Crippen LogP contribution in [0.5, 0.6) is 0 Å². The van der Waals surface area contributed by atoms with Crippen molar-refractivity contribution in [3.05, 3.63) is 102 Å². The number of carbonyl (C=O) groups excluding carboxylic acids is 2. The zero-order valence-corrected chi connectivity index (χ0v) is 19.0. The zero-order chi connectivity index (χ0) is 23.0. The molecule has 1 heterocycles. The molecule has 0 aliphatic carbocycles. The molecule has 3 aromatic carbocycles. The molecular weight excluding hydrogens is 410 g/mol. The van der Waals surface area contributed by atoms with Crippen LogP contribution in [-0.2, 0) is 11.2 Å². The molecule has 3 aromatic rings. The van der Waals surface area contributed by atoms with Crippen molar-refractivity contribution in [2.45, 2.75) is 44.7 Å². The molecule has 1 aliphatic rings. The van der Waals surface area contributed by atoms with Crippen LogP contribution in [0.15, 0.2) is 84.9 Å². The SMILES string of the molecule is CCCc1cccc(NC(=O)NCC(=O)N2C(c3ccccc3)CCC2c2ccccc2)c1. The number of urea groups is 1. The van der Waals surface area contributed by atoms with Gasteiger partial charge in [0.2, 0.25) is 5.91 Å². The van der Waals surface area contributed by atoms with Gasteiger partial charge >= 0.3 is 6.03 Å². The van der Waals surface area contributed by atoms with Crippen LogP contribution in [0.4, 0.5) is 10.5 Å². The van der Waals surface area contributed by atoms with Gasteiger partial charge in [0.1, 0.15) is 0 Å². The lowest BCUT2D eigenvalue weighted by atomic mass is 10.0. The third-order valence-electron chi connectivity index (χ3n) is 6.17. The lowest BCUT2D eigenvalue weighted by Crippen LogP contribution is -2.42. The third kappa shape index (κ3) is 5.61. The average molecular weight is 442 g/mol. The predicted octanol–water partition coefficient (Wildman–Crippen LogP) is 5.87. The largest absolute Gasteiger partial charge is 0.329 e. The standard InChI is InChI=1S/C28H31N3O2/c1-2-10-21-11-9-16-24(19-21)30-28(33)29-20-27(32)31-25(22-12-5-3-6-13-22)17-18-26(31)23-14-7-4-8-15-23/h3-9,11-16,19,25-26H,2,10,17-18,20H2,1H3,(H2,29,30,33). The molecule has 4 rings (SSSR count). The number of amides is 3. The fourth-order valence-electron chi connectivity index (χ4n) is 4.68. The van der Waals surface area contributed by atoms with Crippen LogP contribution in [-0.4, -0.2) is 23.4 Å². The fourth-order valence-corrected chi connectivity index (χ4v) is 4.68. The van der Waals surface area contributed by atoms with E-state index in [2.05, 4.69) is 47.9 Å². The Bertz CT molecular complexity index is 1020. The van der Waals surface area contributed by atoms with E-state index < -0.39 is 0 Å². The number of hydrogen-bond donors (Lipinski definition) is 2. The molecule has 1 aliphatic heterocycles. The maximum Gasteiger partial charge on any atom is 0.319 e. The summed E-state index contributed by atoms with van der Waals surface area (Å²) in [6.07, 6.45) is 3.80. The molecule has 0 aromatic heterocycles. The second-order valence-corrected chi connectivity index (χ2v) is 8.49. The molecule has 0 spiro atoms. The first kappa shape index (κ1) is 22.6. The molecule has 0 saturated carbocycles. The van der Waals surface area contributed by atoms with E-state index in [1.165, 1.54) is 5.56 Å². The molecule has 2 unspecified atom stereocenters. The van der Waals surface area contributed by atoms with Crippen molar-refractivity contribution < 1.29 is 9.59 Å². The highest BCUT2D eigenvalue weighted by Crippen LogP contribution is 2.43. The number of hydrogen-bond acceptors (Lipinski definition) is 2. The van der Waals surface area contributed by atoms with Gasteiger partial charge < -0.3 is 15.5 Å². The summed E-state index contributed by atoms with van der Waals surface area (Å²) in [5, 5.41) is 5.61. The Balaban J connectivity index is 1.45. The van der Waals surface area contributed by atoms with Crippen molar-refractivity contribution in [3.8, 4) is 0 Å². The zero-order valence-electron chi connectivity index (χ0n) is 19.0. The number of nitrogens with one attached hydrogen (secondary N) is 2. The Morgan fingerprint density at radius 3 is 2.03 bits per heavy atom. The van der Waals surface area contributed by atoms with Crippen molar-refractivity contribution in [2.75, 3.05) is 11.9 Å². The van der Waals surface area contributed by atoms with Crippen molar-refractivity contribution >= 4 is 17.6 Å². The van der Waals surface area contributed by atoms with Gasteiger partial charge in [0, 0.05) is 5.69 Å². The molecule has 170 valence electrons. The molecule has 5 heteroatoms. The Morgan fingerprint density at radius 2 is 1.45 bits per heavy atom. The quantitative estimate of drug-likeness (QED) is 0.482. The summed E-state index contributed by atoms with van der Waals surface area (Å²) in [4.78, 5) is 27.9. The first-order chi connectivity index (χ1) is 16.2. The lowest BCUT2D eigenvalue weighted by Gasteiger charge is -2.31. The van der Waals surface area contributed by atoms with Gasteiger partial charge in [-0.1, -0.05) is 86.1 Å². The number of anilines is 1. The van der Waals surface area contributed by atoms with Gasteiger partial charge in [-0.15, -0.1) is 0 Å². The van der Waals surface area contributed by atoms with Gasteiger partial charge in [-0.05, 0) is 48.1 Å². The van der Waals surface area contributed by atoms with Crippen LogP contribution in [0.2, 0.25) is 0 Å². The van der Waals surface area contributed by atoms with E-state index in [0.29, 0.717) is 0 Å². The van der Waals surface area contributed by atoms with E-state index in [4.69, 9.17) is 0 Å². The third-order valence-corrected chi connectivity index (χ3v) is 6.17. The summed E-state index contributed by atoms with van der Waals surface area (Å²) >= 11 is 0. The first-order valence-electron chi connectivity index (χ1n) is 11.7. The molecule has 1 saturated heterocycles. The Hall–Kier alpha value is -3.60. The summed E-state index contributed by atoms with van der Waals surface area (Å²) in [5.74, 6) is -0.0786. The molecule has 33 heavy (non-hydrogen) atoms. The van der Waals surface area contributed by atoms with Crippen molar-refractivity contribution in [1.82, 2.24) is 10.2 Å². The maximum absolute atomic E-state index is 13.4.